The molecule has 0 radical (unpaired) electrons. The Kier molecular flexibility index (Phi) is 6.62. The molecule has 9 heteroatoms. The van der Waals surface area contributed by atoms with E-state index in [1.165, 1.54) is 12.8 Å². The maximum absolute atomic E-state index is 6.48. The number of unbranched alkanes of at least 4 members (excludes halogenated alkanes) is 1. The molecule has 1 aliphatic heterocycles. The van der Waals surface area contributed by atoms with Gasteiger partial charge in [-0.15, -0.1) is 0 Å². The second kappa shape index (κ2) is 7.05. The fourth-order valence-electron chi connectivity index (χ4n) is 3.00. The predicted molar refractivity (Wildman–Crippen MR) is 96.2 cm³/mol. The summed E-state index contributed by atoms with van der Waals surface area (Å²) in [7, 11) is -8.93. The van der Waals surface area contributed by atoms with Gasteiger partial charge in [0.2, 0.25) is 0 Å². The minimum Gasteiger partial charge on any atom is -0.416 e. The van der Waals surface area contributed by atoms with Crippen LogP contribution in [0.5, 0.6) is 0 Å². The Labute approximate surface area is 134 Å². The quantitative estimate of drug-likeness (QED) is 0.597. The molecule has 5 nitrogen and oxygen atoms in total. The van der Waals surface area contributed by atoms with Crippen molar-refractivity contribution in [3.05, 3.63) is 0 Å². The van der Waals surface area contributed by atoms with Crippen LogP contribution in [0.15, 0.2) is 0 Å². The molecule has 1 fully saturated rings. The lowest BCUT2D eigenvalue weighted by Crippen LogP contribution is -2.67. The smallest absolute Gasteiger partial charge is 0.331 e. The molecule has 0 amide bonds. The highest BCUT2D eigenvalue weighted by Crippen LogP contribution is 2.30. The topological polar surface area (TPSA) is 49.0 Å². The van der Waals surface area contributed by atoms with Gasteiger partial charge in [-0.2, -0.15) is 0 Å². The first-order valence-corrected chi connectivity index (χ1v) is 18.9. The number of nitrogens with one attached hydrogen (secondary N) is 1. The fourth-order valence-corrected chi connectivity index (χ4v) is 24.2. The molecule has 0 aromatic heterocycles. The van der Waals surface area contributed by atoms with Gasteiger partial charge in [-0.25, -0.2) is 0 Å². The van der Waals surface area contributed by atoms with Crippen molar-refractivity contribution in [1.82, 2.24) is 5.32 Å². The summed E-state index contributed by atoms with van der Waals surface area (Å²) in [6.45, 7) is 17.9. The van der Waals surface area contributed by atoms with Crippen LogP contribution in [0, 0.1) is 0 Å². The highest BCUT2D eigenvalue weighted by atomic mass is 28.5. The second-order valence-corrected chi connectivity index (χ2v) is 21.6. The molecule has 0 aromatic carbocycles. The van der Waals surface area contributed by atoms with Crippen LogP contribution < -0.4 is 5.32 Å². The van der Waals surface area contributed by atoms with E-state index in [-0.39, 0.29) is 0 Å². The molecular formula is C12H33NO4Si4. The van der Waals surface area contributed by atoms with Crippen LogP contribution in [0.25, 0.3) is 0 Å². The number of rotatable bonds is 5. The summed E-state index contributed by atoms with van der Waals surface area (Å²) in [5.41, 5.74) is 0. The molecule has 1 aliphatic rings. The van der Waals surface area contributed by atoms with Crippen molar-refractivity contribution in [3.63, 3.8) is 0 Å². The lowest BCUT2D eigenvalue weighted by molar-refractivity contribution is 0.233. The monoisotopic (exact) mass is 367 g/mol. The molecule has 0 saturated carbocycles. The Morgan fingerprint density at radius 2 is 1.14 bits per heavy atom. The van der Waals surface area contributed by atoms with Crippen molar-refractivity contribution >= 4 is 34.2 Å². The Hall–Kier alpha value is 0.668. The van der Waals surface area contributed by atoms with Gasteiger partial charge in [-0.05, 0) is 58.8 Å². The van der Waals surface area contributed by atoms with Crippen LogP contribution in [-0.4, -0.2) is 47.0 Å². The number of hydrogen-bond acceptors (Lipinski definition) is 5. The van der Waals surface area contributed by atoms with Gasteiger partial charge in [-0.1, -0.05) is 13.3 Å². The normalized spacial score (nSPS) is 26.9. The van der Waals surface area contributed by atoms with Gasteiger partial charge in [-0.3, -0.25) is 0 Å². The zero-order chi connectivity index (χ0) is 16.4. The second-order valence-electron chi connectivity index (χ2n) is 7.27. The van der Waals surface area contributed by atoms with Crippen LogP contribution >= 0.6 is 0 Å². The molecule has 0 bridgehead atoms. The van der Waals surface area contributed by atoms with Crippen molar-refractivity contribution < 1.29 is 16.5 Å². The van der Waals surface area contributed by atoms with Gasteiger partial charge in [0.25, 0.3) is 0 Å². The molecule has 1 saturated heterocycles. The van der Waals surface area contributed by atoms with E-state index in [0.717, 1.165) is 12.7 Å². The van der Waals surface area contributed by atoms with Crippen molar-refractivity contribution in [2.24, 2.45) is 0 Å². The maximum Gasteiger partial charge on any atom is 0.331 e. The maximum atomic E-state index is 6.48. The lowest BCUT2D eigenvalue weighted by Gasteiger charge is -2.47. The third-order valence-electron chi connectivity index (χ3n) is 3.06. The van der Waals surface area contributed by atoms with E-state index in [1.807, 2.05) is 0 Å². The van der Waals surface area contributed by atoms with Gasteiger partial charge in [0.15, 0.2) is 0 Å². The molecule has 21 heavy (non-hydrogen) atoms. The van der Waals surface area contributed by atoms with E-state index in [1.54, 1.807) is 0 Å². The van der Waals surface area contributed by atoms with Crippen LogP contribution in [0.3, 0.4) is 0 Å². The molecule has 0 unspecified atom stereocenters. The SMILES string of the molecule is CCCCNC[Si]1(C)O[Si](C)(C)O[Si](C)(C)O[Si](C)(C)O1. The average Bonchev–Trinajstić information content (AvgIpc) is 2.17. The molecule has 1 N–H and O–H groups in total. The third-order valence-corrected chi connectivity index (χ3v) is 19.2. The minimum atomic E-state index is -2.32. The average molecular weight is 368 g/mol. The zero-order valence-corrected chi connectivity index (χ0v) is 19.0. The molecule has 0 atom stereocenters. The minimum absolute atomic E-state index is 0.800. The van der Waals surface area contributed by atoms with E-state index >= 15 is 0 Å². The summed E-state index contributed by atoms with van der Waals surface area (Å²) in [5, 5.41) is 3.50. The summed E-state index contributed by atoms with van der Waals surface area (Å²) < 4.78 is 25.6. The van der Waals surface area contributed by atoms with Gasteiger partial charge in [0.1, 0.15) is 0 Å². The fraction of sp³-hybridized carbons (Fsp3) is 1.00. The molecule has 1 heterocycles. The Morgan fingerprint density at radius 3 is 1.57 bits per heavy atom. The highest BCUT2D eigenvalue weighted by molar-refractivity contribution is 6.93. The van der Waals surface area contributed by atoms with Gasteiger partial charge in [0, 0.05) is 6.17 Å². The Bertz CT molecular complexity index is 330. The van der Waals surface area contributed by atoms with Crippen LogP contribution in [0.4, 0.5) is 0 Å². The largest absolute Gasteiger partial charge is 0.416 e. The highest BCUT2D eigenvalue weighted by Gasteiger charge is 2.52. The molecule has 0 spiro atoms. The first-order chi connectivity index (χ1) is 9.39. The van der Waals surface area contributed by atoms with Gasteiger partial charge < -0.3 is 21.8 Å². The summed E-state index contributed by atoms with van der Waals surface area (Å²) in [6.07, 6.45) is 3.17. The molecular weight excluding hydrogens is 334 g/mol. The Balaban J connectivity index is 2.83. The molecule has 0 aromatic rings. The van der Waals surface area contributed by atoms with Crippen LogP contribution in [0.1, 0.15) is 19.8 Å². The number of hydrogen-bond donors (Lipinski definition) is 1. The summed E-state index contributed by atoms with van der Waals surface area (Å²) in [5.74, 6) is 0. The summed E-state index contributed by atoms with van der Waals surface area (Å²) >= 11 is 0. The van der Waals surface area contributed by atoms with E-state index in [2.05, 4.69) is 58.1 Å². The van der Waals surface area contributed by atoms with E-state index in [4.69, 9.17) is 16.5 Å². The lowest BCUT2D eigenvalue weighted by atomic mass is 10.3. The van der Waals surface area contributed by atoms with E-state index in [0.29, 0.717) is 0 Å². The van der Waals surface area contributed by atoms with Crippen molar-refractivity contribution in [3.8, 4) is 0 Å². The van der Waals surface area contributed by atoms with Crippen molar-refractivity contribution in [1.29, 1.82) is 0 Å². The third kappa shape index (κ3) is 7.18. The first kappa shape index (κ1) is 19.7. The van der Waals surface area contributed by atoms with Crippen molar-refractivity contribution in [2.75, 3.05) is 12.7 Å². The predicted octanol–water partition coefficient (Wildman–Crippen LogP) is 3.17. The van der Waals surface area contributed by atoms with Gasteiger partial charge >= 0.3 is 34.2 Å². The van der Waals surface area contributed by atoms with E-state index in [9.17, 15) is 0 Å². The summed E-state index contributed by atoms with van der Waals surface area (Å²) in [6, 6.07) is 0. The van der Waals surface area contributed by atoms with Crippen molar-refractivity contribution in [2.45, 2.75) is 65.6 Å². The van der Waals surface area contributed by atoms with Crippen LogP contribution in [-0.2, 0) is 16.5 Å². The molecule has 1 rings (SSSR count). The first-order valence-electron chi connectivity index (χ1n) is 7.90. The Morgan fingerprint density at radius 1 is 0.714 bits per heavy atom. The molecule has 0 aliphatic carbocycles. The molecule has 126 valence electrons. The summed E-state index contributed by atoms with van der Waals surface area (Å²) in [4.78, 5) is 0. The standard InChI is InChI=1S/C12H33NO4Si4/c1-9-10-11-13-12-21(8)16-19(4,5)14-18(2,3)15-20(6,7)17-21/h13H,9-12H2,1-8H3. The van der Waals surface area contributed by atoms with Gasteiger partial charge in [0.05, 0.1) is 0 Å². The van der Waals surface area contributed by atoms with Crippen LogP contribution in [0.2, 0.25) is 45.8 Å². The zero-order valence-electron chi connectivity index (χ0n) is 15.0. The van der Waals surface area contributed by atoms with E-state index < -0.39 is 34.2 Å².